The predicted molar refractivity (Wildman–Crippen MR) is 97.5 cm³/mol. The molecule has 1 rings (SSSR count). The van der Waals surface area contributed by atoms with Gasteiger partial charge in [0.25, 0.3) is 5.69 Å². The molecule has 0 aliphatic heterocycles. The normalized spacial score (nSPS) is 12.8. The van der Waals surface area contributed by atoms with Crippen molar-refractivity contribution in [3.05, 3.63) is 33.9 Å². The second kappa shape index (κ2) is 8.91. The van der Waals surface area contributed by atoms with E-state index in [0.29, 0.717) is 24.3 Å². The Kier molecular flexibility index (Phi) is 7.50. The van der Waals surface area contributed by atoms with Gasteiger partial charge in [-0.25, -0.2) is 8.42 Å². The third kappa shape index (κ3) is 6.79. The summed E-state index contributed by atoms with van der Waals surface area (Å²) in [4.78, 5) is 24.5. The average Bonchev–Trinajstić information content (AvgIpc) is 2.47. The van der Waals surface area contributed by atoms with Crippen molar-refractivity contribution in [2.24, 2.45) is 0 Å². The molecule has 0 saturated carbocycles. The number of nitro benzene ring substituents is 1. The van der Waals surface area contributed by atoms with Gasteiger partial charge in [0.05, 0.1) is 21.9 Å². The van der Waals surface area contributed by atoms with Crippen LogP contribution in [0.5, 0.6) is 0 Å². The summed E-state index contributed by atoms with van der Waals surface area (Å²) in [5.41, 5.74) is 0.764. The summed E-state index contributed by atoms with van der Waals surface area (Å²) in [6.45, 7) is 6.33. The summed E-state index contributed by atoms with van der Waals surface area (Å²) in [5, 5.41) is 13.6. The lowest BCUT2D eigenvalue weighted by molar-refractivity contribution is -0.385. The third-order valence-electron chi connectivity index (χ3n) is 3.98. The van der Waals surface area contributed by atoms with E-state index in [1.807, 2.05) is 18.7 Å². The molecule has 140 valence electrons. The fourth-order valence-electron chi connectivity index (χ4n) is 2.65. The van der Waals surface area contributed by atoms with Gasteiger partial charge in [0.15, 0.2) is 0 Å². The van der Waals surface area contributed by atoms with E-state index in [4.69, 9.17) is 0 Å². The lowest BCUT2D eigenvalue weighted by atomic mass is 10.1. The van der Waals surface area contributed by atoms with Crippen LogP contribution < -0.4 is 5.32 Å². The fourth-order valence-corrected chi connectivity index (χ4v) is 3.74. The van der Waals surface area contributed by atoms with Crippen molar-refractivity contribution in [1.82, 2.24) is 4.90 Å². The monoisotopic (exact) mass is 371 g/mol. The van der Waals surface area contributed by atoms with Gasteiger partial charge in [0, 0.05) is 31.3 Å². The zero-order chi connectivity index (χ0) is 19.2. The molecule has 0 saturated heterocycles. The second-order valence-electron chi connectivity index (χ2n) is 6.08. The molecule has 0 heterocycles. The number of nitro groups is 1. The minimum atomic E-state index is -3.09. The lowest BCUT2D eigenvalue weighted by Crippen LogP contribution is -2.39. The highest BCUT2D eigenvalue weighted by Gasteiger charge is 2.19. The molecule has 1 N–H and O–H groups in total. The predicted octanol–water partition coefficient (Wildman–Crippen LogP) is 1.99. The molecule has 1 amide bonds. The van der Waals surface area contributed by atoms with Crippen molar-refractivity contribution < 1.29 is 18.1 Å². The van der Waals surface area contributed by atoms with Crippen LogP contribution in [-0.4, -0.2) is 55.3 Å². The van der Waals surface area contributed by atoms with E-state index < -0.39 is 14.8 Å². The van der Waals surface area contributed by atoms with Gasteiger partial charge in [-0.3, -0.25) is 19.8 Å². The zero-order valence-corrected chi connectivity index (χ0v) is 15.8. The Morgan fingerprint density at radius 1 is 1.40 bits per heavy atom. The molecule has 0 aromatic heterocycles. The first kappa shape index (κ1) is 21.0. The van der Waals surface area contributed by atoms with Gasteiger partial charge in [-0.2, -0.15) is 0 Å². The van der Waals surface area contributed by atoms with E-state index in [-0.39, 0.29) is 29.8 Å². The van der Waals surface area contributed by atoms with Crippen molar-refractivity contribution in [3.8, 4) is 0 Å². The Morgan fingerprint density at radius 2 is 2.04 bits per heavy atom. The summed E-state index contributed by atoms with van der Waals surface area (Å²) in [5.74, 6) is -0.236. The maximum atomic E-state index is 12.1. The van der Waals surface area contributed by atoms with Crippen molar-refractivity contribution in [1.29, 1.82) is 0 Å². The molecule has 0 bridgehead atoms. The van der Waals surface area contributed by atoms with Gasteiger partial charge >= 0.3 is 0 Å². The van der Waals surface area contributed by atoms with Gasteiger partial charge in [0.1, 0.15) is 9.84 Å². The number of rotatable bonds is 9. The van der Waals surface area contributed by atoms with Crippen LogP contribution in [0.4, 0.5) is 11.4 Å². The van der Waals surface area contributed by atoms with Gasteiger partial charge in [-0.1, -0.05) is 13.0 Å². The number of amides is 1. The van der Waals surface area contributed by atoms with Crippen LogP contribution in [0.3, 0.4) is 0 Å². The molecular formula is C16H25N3O5S. The highest BCUT2D eigenvalue weighted by atomic mass is 32.2. The summed E-state index contributed by atoms with van der Waals surface area (Å²) in [6.07, 6.45) is 1.36. The molecule has 0 fully saturated rings. The largest absolute Gasteiger partial charge is 0.326 e. The number of sulfone groups is 1. The third-order valence-corrected chi connectivity index (χ3v) is 5.06. The maximum Gasteiger partial charge on any atom is 0.274 e. The van der Waals surface area contributed by atoms with Gasteiger partial charge in [0.2, 0.25) is 5.91 Å². The summed E-state index contributed by atoms with van der Waals surface area (Å²) < 4.78 is 22.8. The lowest BCUT2D eigenvalue weighted by Gasteiger charge is -2.27. The van der Waals surface area contributed by atoms with Crippen molar-refractivity contribution >= 4 is 27.1 Å². The van der Waals surface area contributed by atoms with Gasteiger partial charge in [-0.15, -0.1) is 0 Å². The molecule has 1 atom stereocenters. The first-order valence-corrected chi connectivity index (χ1v) is 10.1. The molecule has 0 aliphatic carbocycles. The molecule has 0 spiro atoms. The molecular weight excluding hydrogens is 346 g/mol. The first-order chi connectivity index (χ1) is 11.5. The highest BCUT2D eigenvalue weighted by Crippen LogP contribution is 2.25. The molecule has 0 aliphatic rings. The maximum absolute atomic E-state index is 12.1. The molecule has 1 unspecified atom stereocenters. The van der Waals surface area contributed by atoms with Crippen LogP contribution in [-0.2, 0) is 14.6 Å². The van der Waals surface area contributed by atoms with E-state index in [0.717, 1.165) is 0 Å². The van der Waals surface area contributed by atoms with E-state index >= 15 is 0 Å². The van der Waals surface area contributed by atoms with Crippen LogP contribution in [0, 0.1) is 17.0 Å². The van der Waals surface area contributed by atoms with E-state index in [1.165, 1.54) is 18.4 Å². The number of nitrogens with zero attached hydrogens (tertiary/aromatic N) is 2. The molecule has 1 aromatic carbocycles. The topological polar surface area (TPSA) is 110 Å². The van der Waals surface area contributed by atoms with Crippen molar-refractivity contribution in [2.75, 3.05) is 30.4 Å². The summed E-state index contributed by atoms with van der Waals surface area (Å²) >= 11 is 0. The smallest absolute Gasteiger partial charge is 0.274 e. The molecule has 9 heteroatoms. The number of hydrogen-bond donors (Lipinski definition) is 1. The zero-order valence-electron chi connectivity index (χ0n) is 15.0. The minimum Gasteiger partial charge on any atom is -0.326 e. The van der Waals surface area contributed by atoms with Crippen LogP contribution in [0.15, 0.2) is 18.2 Å². The molecule has 8 nitrogen and oxygen atoms in total. The fraction of sp³-hybridized carbons (Fsp3) is 0.562. The molecule has 0 radical (unpaired) electrons. The average molecular weight is 371 g/mol. The van der Waals surface area contributed by atoms with E-state index in [9.17, 15) is 23.3 Å². The number of carbonyl (C=O) groups is 1. The van der Waals surface area contributed by atoms with Crippen LogP contribution >= 0.6 is 0 Å². The standard InChI is InChI=1S/C16H25N3O5S/c1-5-18(12(2)11-25(4,23)24)10-9-16(20)17-14-7-6-8-15(13(14)3)19(21)22/h6-8,12H,5,9-11H2,1-4H3,(H,17,20). The summed E-state index contributed by atoms with van der Waals surface area (Å²) in [7, 11) is -3.09. The first-order valence-electron chi connectivity index (χ1n) is 8.00. The Morgan fingerprint density at radius 3 is 2.56 bits per heavy atom. The Bertz CT molecular complexity index is 733. The van der Waals surface area contributed by atoms with Crippen LogP contribution in [0.25, 0.3) is 0 Å². The second-order valence-corrected chi connectivity index (χ2v) is 8.26. The Balaban J connectivity index is 2.68. The van der Waals surface area contributed by atoms with Gasteiger partial charge in [-0.05, 0) is 26.5 Å². The number of anilines is 1. The SMILES string of the molecule is CCN(CCC(=O)Nc1cccc([N+](=O)[O-])c1C)C(C)CS(C)(=O)=O. The van der Waals surface area contributed by atoms with Crippen molar-refractivity contribution in [2.45, 2.75) is 33.2 Å². The Hall–Kier alpha value is -2.00. The number of carbonyl (C=O) groups excluding carboxylic acids is 1. The molecule has 25 heavy (non-hydrogen) atoms. The van der Waals surface area contributed by atoms with E-state index in [2.05, 4.69) is 5.32 Å². The Labute approximate surface area is 148 Å². The number of hydrogen-bond acceptors (Lipinski definition) is 6. The van der Waals surface area contributed by atoms with Crippen LogP contribution in [0.2, 0.25) is 0 Å². The van der Waals surface area contributed by atoms with Gasteiger partial charge < -0.3 is 5.32 Å². The molecule has 1 aromatic rings. The summed E-state index contributed by atoms with van der Waals surface area (Å²) in [6, 6.07) is 4.33. The van der Waals surface area contributed by atoms with E-state index in [1.54, 1.807) is 13.0 Å². The highest BCUT2D eigenvalue weighted by molar-refractivity contribution is 7.90. The van der Waals surface area contributed by atoms with Crippen molar-refractivity contribution in [3.63, 3.8) is 0 Å². The minimum absolute atomic E-state index is 0.0342. The number of nitrogens with one attached hydrogen (secondary N) is 1. The quantitative estimate of drug-likeness (QED) is 0.525. The number of benzene rings is 1. The van der Waals surface area contributed by atoms with Crippen LogP contribution in [0.1, 0.15) is 25.8 Å².